The van der Waals surface area contributed by atoms with E-state index < -0.39 is 0 Å². The molecule has 0 saturated carbocycles. The smallest absolute Gasteiger partial charge is 0.266 e. The molecule has 0 aromatic carbocycles. The van der Waals surface area contributed by atoms with Crippen molar-refractivity contribution in [3.63, 3.8) is 0 Å². The zero-order valence-electron chi connectivity index (χ0n) is 6.66. The second-order valence-electron chi connectivity index (χ2n) is 2.16. The van der Waals surface area contributed by atoms with Gasteiger partial charge in [-0.2, -0.15) is 0 Å². The molecule has 4 nitrogen and oxygen atoms in total. The van der Waals surface area contributed by atoms with Gasteiger partial charge in [0.2, 0.25) is 0 Å². The van der Waals surface area contributed by atoms with Crippen LogP contribution in [-0.4, -0.2) is 20.7 Å². The number of aryl methyl sites for hydroxylation is 1. The lowest BCUT2D eigenvalue weighted by Crippen LogP contribution is -2.22. The molecule has 0 bridgehead atoms. The monoisotopic (exact) mass is 171 g/mol. The summed E-state index contributed by atoms with van der Waals surface area (Å²) in [6.07, 6.45) is 1.78. The number of hydrogen-bond acceptors (Lipinski definition) is 4. The van der Waals surface area contributed by atoms with Crippen LogP contribution in [0, 0.1) is 13.8 Å². The summed E-state index contributed by atoms with van der Waals surface area (Å²) in [6, 6.07) is 0. The predicted molar refractivity (Wildman–Crippen MR) is 44.7 cm³/mol. The van der Waals surface area contributed by atoms with Gasteiger partial charge in [-0.05, 0) is 25.8 Å². The van der Waals surface area contributed by atoms with Gasteiger partial charge in [-0.25, -0.2) is 0 Å². The molecule has 1 aromatic heterocycles. The molecule has 0 aliphatic heterocycles. The van der Waals surface area contributed by atoms with Crippen molar-refractivity contribution in [2.24, 2.45) is 0 Å². The summed E-state index contributed by atoms with van der Waals surface area (Å²) < 4.78 is 1.27. The zero-order chi connectivity index (χ0) is 8.43. The topological polar surface area (TPSA) is 47.8 Å². The van der Waals surface area contributed by atoms with Gasteiger partial charge >= 0.3 is 0 Å². The molecule has 0 aliphatic rings. The van der Waals surface area contributed by atoms with Gasteiger partial charge in [0.25, 0.3) is 5.56 Å². The first-order chi connectivity index (χ1) is 5.16. The van der Waals surface area contributed by atoms with Gasteiger partial charge in [0, 0.05) is 11.8 Å². The lowest BCUT2D eigenvalue weighted by atomic mass is 10.3. The molecule has 0 spiro atoms. The molecule has 0 fully saturated rings. The third kappa shape index (κ3) is 1.42. The Morgan fingerprint density at radius 3 is 2.64 bits per heavy atom. The molecule has 1 aromatic rings. The third-order valence-corrected chi connectivity index (χ3v) is 2.07. The minimum Gasteiger partial charge on any atom is -0.266 e. The van der Waals surface area contributed by atoms with Crippen molar-refractivity contribution in [2.45, 2.75) is 13.8 Å². The first kappa shape index (κ1) is 8.26. The van der Waals surface area contributed by atoms with Gasteiger partial charge < -0.3 is 0 Å². The maximum atomic E-state index is 11.3. The quantitative estimate of drug-likeness (QED) is 0.613. The Bertz CT molecular complexity index is 320. The Hall–Kier alpha value is -0.840. The van der Waals surface area contributed by atoms with Gasteiger partial charge in [0.15, 0.2) is 0 Å². The molecule has 0 N–H and O–H groups in total. The van der Waals surface area contributed by atoms with E-state index in [1.807, 2.05) is 0 Å². The second kappa shape index (κ2) is 3.04. The van der Waals surface area contributed by atoms with E-state index in [-0.39, 0.29) is 5.56 Å². The van der Waals surface area contributed by atoms with Crippen LogP contribution in [0.5, 0.6) is 0 Å². The highest BCUT2D eigenvalue weighted by molar-refractivity contribution is 7.96. The van der Waals surface area contributed by atoms with Crippen LogP contribution >= 0.6 is 11.9 Å². The van der Waals surface area contributed by atoms with Gasteiger partial charge in [0.1, 0.15) is 0 Å². The van der Waals surface area contributed by atoms with Gasteiger partial charge in [-0.15, -0.1) is 9.19 Å². The number of hydrogen-bond donors (Lipinski definition) is 0. The number of rotatable bonds is 1. The van der Waals surface area contributed by atoms with E-state index in [0.29, 0.717) is 11.3 Å². The molecule has 5 heteroatoms. The van der Waals surface area contributed by atoms with Crippen molar-refractivity contribution in [3.8, 4) is 0 Å². The first-order valence-corrected chi connectivity index (χ1v) is 4.32. The predicted octanol–water partition coefficient (Wildman–Crippen LogP) is 0.381. The lowest BCUT2D eigenvalue weighted by Gasteiger charge is -1.99. The summed E-state index contributed by atoms with van der Waals surface area (Å²) in [5.41, 5.74) is 1.28. The van der Waals surface area contributed by atoms with E-state index >= 15 is 0 Å². The van der Waals surface area contributed by atoms with Crippen molar-refractivity contribution < 1.29 is 0 Å². The number of nitrogens with zero attached hydrogens (tertiary/aromatic N) is 3. The Balaban J connectivity index is 3.37. The van der Waals surface area contributed by atoms with Crippen molar-refractivity contribution in [1.82, 2.24) is 14.4 Å². The Morgan fingerprint density at radius 2 is 2.09 bits per heavy atom. The molecule has 0 unspecified atom stereocenters. The summed E-state index contributed by atoms with van der Waals surface area (Å²) >= 11 is 1.25. The molecular weight excluding hydrogens is 162 g/mol. The minimum atomic E-state index is -0.0787. The Morgan fingerprint density at radius 1 is 1.45 bits per heavy atom. The van der Waals surface area contributed by atoms with Crippen LogP contribution in [0.2, 0.25) is 0 Å². The maximum absolute atomic E-state index is 11.3. The summed E-state index contributed by atoms with van der Waals surface area (Å²) in [5, 5.41) is 7.48. The molecule has 11 heavy (non-hydrogen) atoms. The molecule has 0 atom stereocenters. The van der Waals surface area contributed by atoms with Crippen molar-refractivity contribution in [2.75, 3.05) is 6.26 Å². The van der Waals surface area contributed by atoms with E-state index in [1.54, 1.807) is 20.1 Å². The van der Waals surface area contributed by atoms with Crippen LogP contribution in [-0.2, 0) is 0 Å². The molecule has 1 rings (SSSR count). The first-order valence-electron chi connectivity index (χ1n) is 3.14. The SMILES string of the molecule is CSn1nnc(C)c(C)c1=O. The standard InChI is InChI=1S/C6H9N3OS/c1-4-5(2)7-8-9(11-3)6(4)10/h1-3H3. The minimum absolute atomic E-state index is 0.0787. The van der Waals surface area contributed by atoms with Crippen LogP contribution < -0.4 is 5.56 Å². The van der Waals surface area contributed by atoms with Crippen molar-refractivity contribution in [3.05, 3.63) is 21.6 Å². The molecule has 0 amide bonds. The fourth-order valence-corrected chi connectivity index (χ4v) is 1.05. The van der Waals surface area contributed by atoms with Gasteiger partial charge in [0.05, 0.1) is 5.69 Å². The van der Waals surface area contributed by atoms with Gasteiger partial charge in [-0.1, -0.05) is 5.21 Å². The Kier molecular flexibility index (Phi) is 2.28. The average Bonchev–Trinajstić information content (AvgIpc) is 2.01. The summed E-state index contributed by atoms with van der Waals surface area (Å²) in [6.45, 7) is 3.52. The summed E-state index contributed by atoms with van der Waals surface area (Å²) in [4.78, 5) is 11.3. The lowest BCUT2D eigenvalue weighted by molar-refractivity contribution is 0.762. The fourth-order valence-electron chi connectivity index (χ4n) is 0.641. The van der Waals surface area contributed by atoms with E-state index in [2.05, 4.69) is 10.3 Å². The highest BCUT2D eigenvalue weighted by atomic mass is 32.2. The third-order valence-electron chi connectivity index (χ3n) is 1.49. The van der Waals surface area contributed by atoms with Crippen LogP contribution in [0.1, 0.15) is 11.3 Å². The molecule has 0 radical (unpaired) electrons. The van der Waals surface area contributed by atoms with E-state index in [0.717, 1.165) is 0 Å². The highest BCUT2D eigenvalue weighted by Gasteiger charge is 2.02. The Labute approximate surface area is 68.8 Å². The van der Waals surface area contributed by atoms with Crippen molar-refractivity contribution >= 4 is 11.9 Å². The molecule has 0 saturated heterocycles. The molecular formula is C6H9N3OS. The van der Waals surface area contributed by atoms with E-state index in [1.165, 1.54) is 16.0 Å². The largest absolute Gasteiger partial charge is 0.283 e. The number of aromatic nitrogens is 3. The highest BCUT2D eigenvalue weighted by Crippen LogP contribution is 1.96. The molecule has 0 aliphatic carbocycles. The summed E-state index contributed by atoms with van der Waals surface area (Å²) in [7, 11) is 0. The molecule has 1 heterocycles. The normalized spacial score (nSPS) is 10.1. The zero-order valence-corrected chi connectivity index (χ0v) is 7.47. The van der Waals surface area contributed by atoms with Crippen LogP contribution in [0.3, 0.4) is 0 Å². The van der Waals surface area contributed by atoms with Crippen LogP contribution in [0.15, 0.2) is 4.79 Å². The van der Waals surface area contributed by atoms with Gasteiger partial charge in [-0.3, -0.25) is 4.79 Å². The average molecular weight is 171 g/mol. The van der Waals surface area contributed by atoms with E-state index in [9.17, 15) is 4.79 Å². The van der Waals surface area contributed by atoms with Crippen molar-refractivity contribution in [1.29, 1.82) is 0 Å². The van der Waals surface area contributed by atoms with Crippen LogP contribution in [0.25, 0.3) is 0 Å². The second-order valence-corrected chi connectivity index (χ2v) is 2.87. The maximum Gasteiger partial charge on any atom is 0.283 e. The molecule has 60 valence electrons. The van der Waals surface area contributed by atoms with Crippen LogP contribution in [0.4, 0.5) is 0 Å². The summed E-state index contributed by atoms with van der Waals surface area (Å²) in [5.74, 6) is 0. The van der Waals surface area contributed by atoms with E-state index in [4.69, 9.17) is 0 Å². The fraction of sp³-hybridized carbons (Fsp3) is 0.500.